The zero-order valence-electron chi connectivity index (χ0n) is 16.7. The molecule has 3 rings (SSSR count). The van der Waals surface area contributed by atoms with Gasteiger partial charge in [-0.25, -0.2) is 4.79 Å². The van der Waals surface area contributed by atoms with Crippen molar-refractivity contribution in [2.24, 2.45) is 0 Å². The van der Waals surface area contributed by atoms with Gasteiger partial charge in [0, 0.05) is 23.0 Å². The van der Waals surface area contributed by atoms with E-state index in [0.717, 1.165) is 23.2 Å². The number of benzene rings is 1. The van der Waals surface area contributed by atoms with Gasteiger partial charge in [-0.2, -0.15) is 0 Å². The molecule has 1 atom stereocenters. The summed E-state index contributed by atoms with van der Waals surface area (Å²) in [6, 6.07) is 8.97. The second-order valence-electron chi connectivity index (χ2n) is 6.89. The number of aryl methyl sites for hydroxylation is 1. The van der Waals surface area contributed by atoms with E-state index < -0.39 is 22.7 Å². The molecule has 30 heavy (non-hydrogen) atoms. The summed E-state index contributed by atoms with van der Waals surface area (Å²) in [7, 11) is 0. The third-order valence-corrected chi connectivity index (χ3v) is 4.85. The van der Waals surface area contributed by atoms with Crippen molar-refractivity contribution in [2.75, 3.05) is 5.73 Å². The van der Waals surface area contributed by atoms with Gasteiger partial charge in [-0.3, -0.25) is 14.9 Å². The molecular weight excluding hydrogens is 390 g/mol. The van der Waals surface area contributed by atoms with Crippen LogP contribution in [0.5, 0.6) is 0 Å². The van der Waals surface area contributed by atoms with Crippen molar-refractivity contribution < 1.29 is 23.7 Å². The first kappa shape index (κ1) is 20.8. The second kappa shape index (κ2) is 8.24. The van der Waals surface area contributed by atoms with Crippen LogP contribution in [0.25, 0.3) is 0 Å². The predicted molar refractivity (Wildman–Crippen MR) is 108 cm³/mol. The highest BCUT2D eigenvalue weighted by atomic mass is 16.6. The number of carbonyl (C=O) groups excluding carboxylic acids is 2. The van der Waals surface area contributed by atoms with E-state index in [-0.39, 0.29) is 17.0 Å². The maximum Gasteiger partial charge on any atom is 0.339 e. The van der Waals surface area contributed by atoms with Crippen LogP contribution >= 0.6 is 0 Å². The number of carbonyl (C=O) groups is 2. The molecule has 0 unspecified atom stereocenters. The lowest BCUT2D eigenvalue weighted by atomic mass is 10.1. The monoisotopic (exact) mass is 411 g/mol. The van der Waals surface area contributed by atoms with E-state index in [1.165, 1.54) is 19.1 Å². The summed E-state index contributed by atoms with van der Waals surface area (Å²) in [5.41, 5.74) is 7.04. The lowest BCUT2D eigenvalue weighted by Crippen LogP contribution is -2.25. The van der Waals surface area contributed by atoms with Crippen LogP contribution in [0.15, 0.2) is 47.1 Å². The van der Waals surface area contributed by atoms with Gasteiger partial charge in [-0.1, -0.05) is 0 Å². The number of nitro groups is 1. The Hall–Kier alpha value is -3.88. The first-order chi connectivity index (χ1) is 14.2. The number of nitrogen functional groups attached to an aromatic ring is 1. The molecule has 0 saturated heterocycles. The molecule has 0 fully saturated rings. The maximum absolute atomic E-state index is 12.9. The molecule has 0 amide bonds. The number of Topliss-reactive ketones (excluding diaryl/α,β-unsaturated/α-hetero) is 1. The molecule has 0 aliphatic heterocycles. The Labute approximate surface area is 172 Å². The molecule has 0 aliphatic carbocycles. The summed E-state index contributed by atoms with van der Waals surface area (Å²) in [6.45, 7) is 5.61. The molecule has 2 N–H and O–H groups in total. The molecule has 2 heterocycles. The standard InChI is InChI=1S/C21H21N3O6/c1-12-9-17(13(2)23(12)11-16-5-4-8-29-16)20(25)14(3)30-21(26)15-6-7-18(22)19(10-15)24(27)28/h4-10,14H,11,22H2,1-3H3/t14-/m1/s1. The number of ketones is 1. The average Bonchev–Trinajstić information content (AvgIpc) is 3.31. The number of ether oxygens (including phenoxy) is 1. The average molecular weight is 411 g/mol. The van der Waals surface area contributed by atoms with Crippen LogP contribution < -0.4 is 5.73 Å². The maximum atomic E-state index is 12.9. The first-order valence-corrected chi connectivity index (χ1v) is 9.17. The van der Waals surface area contributed by atoms with Gasteiger partial charge in [0.2, 0.25) is 5.78 Å². The third-order valence-electron chi connectivity index (χ3n) is 4.85. The zero-order chi connectivity index (χ0) is 22.0. The zero-order valence-corrected chi connectivity index (χ0v) is 16.7. The summed E-state index contributed by atoms with van der Waals surface area (Å²) >= 11 is 0. The van der Waals surface area contributed by atoms with Gasteiger partial charge in [0.25, 0.3) is 5.69 Å². The van der Waals surface area contributed by atoms with Gasteiger partial charge < -0.3 is 19.5 Å². The highest BCUT2D eigenvalue weighted by molar-refractivity contribution is 6.02. The first-order valence-electron chi connectivity index (χ1n) is 9.17. The molecule has 1 aromatic carbocycles. The van der Waals surface area contributed by atoms with Crippen LogP contribution in [0.1, 0.15) is 44.8 Å². The van der Waals surface area contributed by atoms with E-state index >= 15 is 0 Å². The highest BCUT2D eigenvalue weighted by Gasteiger charge is 2.25. The topological polar surface area (TPSA) is 131 Å². The minimum absolute atomic E-state index is 0.0566. The van der Waals surface area contributed by atoms with Gasteiger partial charge in [0.1, 0.15) is 11.4 Å². The number of furan rings is 1. The van der Waals surface area contributed by atoms with Crippen LogP contribution in [-0.2, 0) is 11.3 Å². The smallest absolute Gasteiger partial charge is 0.339 e. The van der Waals surface area contributed by atoms with Gasteiger partial charge in [0.05, 0.1) is 23.3 Å². The molecule has 0 saturated carbocycles. The molecule has 0 aliphatic rings. The minimum Gasteiger partial charge on any atom is -0.467 e. The molecule has 2 aromatic heterocycles. The van der Waals surface area contributed by atoms with E-state index in [9.17, 15) is 19.7 Å². The number of hydrogen-bond donors (Lipinski definition) is 1. The van der Waals surface area contributed by atoms with E-state index in [2.05, 4.69) is 0 Å². The van der Waals surface area contributed by atoms with Crippen LogP contribution in [-0.4, -0.2) is 27.3 Å². The minimum atomic E-state index is -1.08. The van der Waals surface area contributed by atoms with E-state index in [4.69, 9.17) is 14.9 Å². The van der Waals surface area contributed by atoms with Crippen molar-refractivity contribution >= 4 is 23.1 Å². The molecule has 3 aromatic rings. The van der Waals surface area contributed by atoms with Crippen molar-refractivity contribution in [2.45, 2.75) is 33.4 Å². The van der Waals surface area contributed by atoms with E-state index in [1.807, 2.05) is 17.6 Å². The number of nitro benzene ring substituents is 1. The van der Waals surface area contributed by atoms with Gasteiger partial charge in [-0.15, -0.1) is 0 Å². The SMILES string of the molecule is Cc1cc(C(=O)[C@@H](C)OC(=O)c2ccc(N)c([N+](=O)[O-])c2)c(C)n1Cc1ccco1. The molecule has 0 spiro atoms. The molecule has 9 nitrogen and oxygen atoms in total. The molecule has 0 bridgehead atoms. The summed E-state index contributed by atoms with van der Waals surface area (Å²) in [6.07, 6.45) is 0.505. The Morgan fingerprint density at radius 2 is 2.00 bits per heavy atom. The Kier molecular flexibility index (Phi) is 5.72. The van der Waals surface area contributed by atoms with Crippen molar-refractivity contribution in [1.29, 1.82) is 0 Å². The second-order valence-corrected chi connectivity index (χ2v) is 6.89. The number of hydrogen-bond acceptors (Lipinski definition) is 7. The Balaban J connectivity index is 1.77. The lowest BCUT2D eigenvalue weighted by molar-refractivity contribution is -0.383. The van der Waals surface area contributed by atoms with Crippen molar-refractivity contribution in [3.63, 3.8) is 0 Å². The summed E-state index contributed by atoms with van der Waals surface area (Å²) in [5, 5.41) is 11.0. The number of nitrogens with two attached hydrogens (primary N) is 1. The Morgan fingerprint density at radius 1 is 1.27 bits per heavy atom. The van der Waals surface area contributed by atoms with Gasteiger partial charge in [-0.05, 0) is 51.1 Å². The number of esters is 1. The van der Waals surface area contributed by atoms with Crippen molar-refractivity contribution in [1.82, 2.24) is 4.57 Å². The van der Waals surface area contributed by atoms with Crippen LogP contribution in [0, 0.1) is 24.0 Å². The highest BCUT2D eigenvalue weighted by Crippen LogP contribution is 2.24. The third kappa shape index (κ3) is 4.09. The Morgan fingerprint density at radius 3 is 2.63 bits per heavy atom. The Bertz CT molecular complexity index is 1110. The fourth-order valence-electron chi connectivity index (χ4n) is 3.18. The van der Waals surface area contributed by atoms with E-state index in [0.29, 0.717) is 12.1 Å². The normalized spacial score (nSPS) is 11.8. The molecule has 9 heteroatoms. The number of nitrogens with zero attached hydrogens (tertiary/aromatic N) is 2. The number of anilines is 1. The number of rotatable bonds is 7. The van der Waals surface area contributed by atoms with E-state index in [1.54, 1.807) is 25.3 Å². The summed E-state index contributed by atoms with van der Waals surface area (Å²) in [4.78, 5) is 35.6. The van der Waals surface area contributed by atoms with Crippen LogP contribution in [0.4, 0.5) is 11.4 Å². The van der Waals surface area contributed by atoms with Crippen molar-refractivity contribution in [3.05, 3.63) is 81.1 Å². The quantitative estimate of drug-likeness (QED) is 0.206. The summed E-state index contributed by atoms with van der Waals surface area (Å²) in [5.74, 6) is -0.462. The summed E-state index contributed by atoms with van der Waals surface area (Å²) < 4.78 is 12.6. The molecular formula is C21H21N3O6. The lowest BCUT2D eigenvalue weighted by Gasteiger charge is -2.13. The van der Waals surface area contributed by atoms with Crippen LogP contribution in [0.2, 0.25) is 0 Å². The predicted octanol–water partition coefficient (Wildman–Crippen LogP) is 3.66. The largest absolute Gasteiger partial charge is 0.467 e. The molecule has 156 valence electrons. The van der Waals surface area contributed by atoms with Crippen molar-refractivity contribution in [3.8, 4) is 0 Å². The molecule has 0 radical (unpaired) electrons. The fourth-order valence-corrected chi connectivity index (χ4v) is 3.18. The van der Waals surface area contributed by atoms with Gasteiger partial charge in [0.15, 0.2) is 6.10 Å². The van der Waals surface area contributed by atoms with Crippen LogP contribution in [0.3, 0.4) is 0 Å². The number of aromatic nitrogens is 1. The van der Waals surface area contributed by atoms with Gasteiger partial charge >= 0.3 is 5.97 Å². The fraction of sp³-hybridized carbons (Fsp3) is 0.238.